The average molecular weight is 357 g/mol. The Balaban J connectivity index is 1.94. The predicted octanol–water partition coefficient (Wildman–Crippen LogP) is 3.87. The van der Waals surface area contributed by atoms with E-state index in [4.69, 9.17) is 13.9 Å². The second-order valence-electron chi connectivity index (χ2n) is 6.95. The predicted molar refractivity (Wildman–Crippen MR) is 103 cm³/mol. The second kappa shape index (κ2) is 7.96. The molecule has 140 valence electrons. The Hall–Kier alpha value is -2.27. The fraction of sp³-hybridized carbons (Fsp3) is 0.476. The van der Waals surface area contributed by atoms with Gasteiger partial charge < -0.3 is 19.2 Å². The van der Waals surface area contributed by atoms with Crippen LogP contribution in [0.2, 0.25) is 0 Å². The number of amides is 1. The molecule has 1 aromatic carbocycles. The summed E-state index contributed by atoms with van der Waals surface area (Å²) < 4.78 is 16.6. The van der Waals surface area contributed by atoms with Crippen LogP contribution in [0, 0.1) is 0 Å². The summed E-state index contributed by atoms with van der Waals surface area (Å²) in [5.41, 5.74) is 3.95. The highest BCUT2D eigenvalue weighted by Crippen LogP contribution is 2.37. The third-order valence-electron chi connectivity index (χ3n) is 4.85. The van der Waals surface area contributed by atoms with Crippen LogP contribution in [0.25, 0.3) is 16.5 Å². The molecule has 5 nitrogen and oxygen atoms in total. The molecule has 1 heterocycles. The molecule has 0 bridgehead atoms. The molecule has 1 aromatic heterocycles. The number of benzene rings is 1. The number of ether oxygens (including phenoxy) is 2. The number of rotatable bonds is 6. The number of nitrogens with one attached hydrogen (secondary N) is 1. The molecular weight excluding hydrogens is 330 g/mol. The molecule has 0 fully saturated rings. The Morgan fingerprint density at radius 1 is 1.31 bits per heavy atom. The lowest BCUT2D eigenvalue weighted by Crippen LogP contribution is -2.34. The van der Waals surface area contributed by atoms with Crippen molar-refractivity contribution in [2.24, 2.45) is 0 Å². The number of fused-ring (bicyclic) bond motifs is 3. The van der Waals surface area contributed by atoms with Gasteiger partial charge in [0.2, 0.25) is 5.91 Å². The quantitative estimate of drug-likeness (QED) is 0.797. The summed E-state index contributed by atoms with van der Waals surface area (Å²) in [5.74, 6) is 1.68. The van der Waals surface area contributed by atoms with Crippen molar-refractivity contribution >= 4 is 22.4 Å². The Morgan fingerprint density at radius 2 is 2.08 bits per heavy atom. The smallest absolute Gasteiger partial charge is 0.244 e. The van der Waals surface area contributed by atoms with Gasteiger partial charge in [0.1, 0.15) is 17.1 Å². The summed E-state index contributed by atoms with van der Waals surface area (Å²) >= 11 is 0. The maximum Gasteiger partial charge on any atom is 0.244 e. The van der Waals surface area contributed by atoms with Crippen molar-refractivity contribution in [3.8, 4) is 5.75 Å². The molecule has 0 aliphatic heterocycles. The summed E-state index contributed by atoms with van der Waals surface area (Å²) in [4.78, 5) is 12.3. The number of hydrogen-bond acceptors (Lipinski definition) is 4. The van der Waals surface area contributed by atoms with Crippen LogP contribution in [0.5, 0.6) is 5.75 Å². The lowest BCUT2D eigenvalue weighted by atomic mass is 9.94. The summed E-state index contributed by atoms with van der Waals surface area (Å²) in [6, 6.07) is 3.99. The maximum atomic E-state index is 12.3. The van der Waals surface area contributed by atoms with Crippen LogP contribution >= 0.6 is 0 Å². The molecule has 26 heavy (non-hydrogen) atoms. The van der Waals surface area contributed by atoms with Gasteiger partial charge in [-0.2, -0.15) is 0 Å². The van der Waals surface area contributed by atoms with Crippen LogP contribution in [-0.2, 0) is 22.4 Å². The highest BCUT2D eigenvalue weighted by molar-refractivity contribution is 5.97. The summed E-state index contributed by atoms with van der Waals surface area (Å²) in [7, 11) is 3.26. The lowest BCUT2D eigenvalue weighted by molar-refractivity contribution is -0.117. The van der Waals surface area contributed by atoms with E-state index in [2.05, 4.69) is 11.4 Å². The van der Waals surface area contributed by atoms with Crippen molar-refractivity contribution in [1.82, 2.24) is 5.32 Å². The van der Waals surface area contributed by atoms with Crippen LogP contribution in [0.15, 0.2) is 22.6 Å². The third-order valence-corrected chi connectivity index (χ3v) is 4.85. The van der Waals surface area contributed by atoms with E-state index in [1.165, 1.54) is 18.4 Å². The van der Waals surface area contributed by atoms with Crippen LogP contribution in [0.3, 0.4) is 0 Å². The standard InChI is InChI=1S/C21H27NO4/c1-13(9-21(23)22-14(2)12-24-3)16-10-17-15-7-5-6-8-18(15)26-20(17)11-19(16)25-4/h9-11,14H,5-8,12H2,1-4H3,(H,22,23)/b13-9+. The number of hydrogen-bond donors (Lipinski definition) is 1. The van der Waals surface area contributed by atoms with Crippen LogP contribution in [-0.4, -0.2) is 32.8 Å². The first-order valence-electron chi connectivity index (χ1n) is 9.14. The van der Waals surface area contributed by atoms with Gasteiger partial charge in [-0.1, -0.05) is 0 Å². The topological polar surface area (TPSA) is 60.7 Å². The van der Waals surface area contributed by atoms with Crippen LogP contribution in [0.1, 0.15) is 43.6 Å². The van der Waals surface area contributed by atoms with E-state index >= 15 is 0 Å². The largest absolute Gasteiger partial charge is 0.496 e. The number of allylic oxidation sites excluding steroid dienone is 1. The highest BCUT2D eigenvalue weighted by atomic mass is 16.5. The molecule has 2 aromatic rings. The van der Waals surface area contributed by atoms with Gasteiger partial charge in [0, 0.05) is 48.2 Å². The fourth-order valence-corrected chi connectivity index (χ4v) is 3.62. The van der Waals surface area contributed by atoms with Crippen molar-refractivity contribution in [3.63, 3.8) is 0 Å². The van der Waals surface area contributed by atoms with Gasteiger partial charge in [0.25, 0.3) is 0 Å². The summed E-state index contributed by atoms with van der Waals surface area (Å²) in [6.45, 7) is 4.32. The average Bonchev–Trinajstić information content (AvgIpc) is 2.98. The second-order valence-corrected chi connectivity index (χ2v) is 6.95. The SMILES string of the molecule is COCC(C)NC(=O)/C=C(\C)c1cc2c3c(oc2cc1OC)CCCC3. The molecular formula is C21H27NO4. The summed E-state index contributed by atoms with van der Waals surface area (Å²) in [6.07, 6.45) is 6.03. The van der Waals surface area contributed by atoms with Gasteiger partial charge in [-0.15, -0.1) is 0 Å². The number of furan rings is 1. The Kier molecular flexibility index (Phi) is 5.67. The molecule has 5 heteroatoms. The van der Waals surface area contributed by atoms with Gasteiger partial charge in [0.05, 0.1) is 13.7 Å². The molecule has 1 aliphatic rings. The van der Waals surface area contributed by atoms with Gasteiger partial charge in [-0.25, -0.2) is 0 Å². The Labute approximate surface area is 154 Å². The van der Waals surface area contributed by atoms with E-state index in [0.29, 0.717) is 6.61 Å². The minimum Gasteiger partial charge on any atom is -0.496 e. The van der Waals surface area contributed by atoms with Gasteiger partial charge >= 0.3 is 0 Å². The first-order chi connectivity index (χ1) is 12.5. The van der Waals surface area contributed by atoms with Crippen molar-refractivity contribution in [2.75, 3.05) is 20.8 Å². The van der Waals surface area contributed by atoms with Crippen molar-refractivity contribution < 1.29 is 18.7 Å². The summed E-state index contributed by atoms with van der Waals surface area (Å²) in [5, 5.41) is 4.04. The minimum absolute atomic E-state index is 0.0400. The Bertz CT molecular complexity index is 834. The van der Waals surface area contributed by atoms with E-state index in [-0.39, 0.29) is 11.9 Å². The number of methoxy groups -OCH3 is 2. The molecule has 1 amide bonds. The van der Waals surface area contributed by atoms with Gasteiger partial charge in [-0.05, 0) is 44.7 Å². The zero-order valence-electron chi connectivity index (χ0n) is 16.0. The highest BCUT2D eigenvalue weighted by Gasteiger charge is 2.20. The van der Waals surface area contributed by atoms with Crippen LogP contribution < -0.4 is 10.1 Å². The van der Waals surface area contributed by atoms with Crippen LogP contribution in [0.4, 0.5) is 0 Å². The minimum atomic E-state index is -0.136. The zero-order chi connectivity index (χ0) is 18.7. The molecule has 0 saturated heterocycles. The first kappa shape index (κ1) is 18.5. The van der Waals surface area contributed by atoms with Crippen molar-refractivity contribution in [1.29, 1.82) is 0 Å². The molecule has 0 radical (unpaired) electrons. The van der Waals surface area contributed by atoms with E-state index in [1.54, 1.807) is 20.3 Å². The first-order valence-corrected chi connectivity index (χ1v) is 9.14. The number of aryl methyl sites for hydroxylation is 2. The number of carbonyl (C=O) groups excluding carboxylic acids is 1. The zero-order valence-corrected chi connectivity index (χ0v) is 16.0. The molecule has 1 atom stereocenters. The van der Waals surface area contributed by atoms with Crippen molar-refractivity contribution in [3.05, 3.63) is 35.1 Å². The van der Waals surface area contributed by atoms with E-state index in [0.717, 1.165) is 46.5 Å². The van der Waals surface area contributed by atoms with E-state index in [9.17, 15) is 4.79 Å². The molecule has 1 aliphatic carbocycles. The number of carbonyl (C=O) groups is 1. The third kappa shape index (κ3) is 3.78. The molecule has 0 saturated carbocycles. The fourth-order valence-electron chi connectivity index (χ4n) is 3.62. The monoisotopic (exact) mass is 357 g/mol. The molecule has 0 spiro atoms. The van der Waals surface area contributed by atoms with E-state index < -0.39 is 0 Å². The lowest BCUT2D eigenvalue weighted by Gasteiger charge is -2.13. The molecule has 3 rings (SSSR count). The van der Waals surface area contributed by atoms with E-state index in [1.807, 2.05) is 19.9 Å². The maximum absolute atomic E-state index is 12.3. The normalized spacial score (nSPS) is 15.6. The molecule has 1 N–H and O–H groups in total. The Morgan fingerprint density at radius 3 is 2.81 bits per heavy atom. The van der Waals surface area contributed by atoms with Gasteiger partial charge in [0.15, 0.2) is 0 Å². The van der Waals surface area contributed by atoms with Gasteiger partial charge in [-0.3, -0.25) is 4.79 Å². The molecule has 1 unspecified atom stereocenters. The van der Waals surface area contributed by atoms with Crippen molar-refractivity contribution in [2.45, 2.75) is 45.6 Å².